The van der Waals surface area contributed by atoms with Crippen LogP contribution in [0.1, 0.15) is 17.2 Å². The van der Waals surface area contributed by atoms with Crippen LogP contribution in [0.15, 0.2) is 42.5 Å². The van der Waals surface area contributed by atoms with Crippen molar-refractivity contribution >= 4 is 11.6 Å². The van der Waals surface area contributed by atoms with E-state index in [-0.39, 0.29) is 11.9 Å². The van der Waals surface area contributed by atoms with Crippen molar-refractivity contribution in [1.82, 2.24) is 0 Å². The van der Waals surface area contributed by atoms with Crippen molar-refractivity contribution in [2.24, 2.45) is 5.73 Å². The second-order valence-corrected chi connectivity index (χ2v) is 4.72. The molecule has 2 aromatic carbocycles. The van der Waals surface area contributed by atoms with Gasteiger partial charge in [0.1, 0.15) is 11.6 Å². The molecule has 1 atom stereocenters. The normalized spacial score (nSPS) is 12.2. The molecule has 0 aromatic heterocycles. The maximum Gasteiger partial charge on any atom is 0.127 e. The fourth-order valence-corrected chi connectivity index (χ4v) is 2.17. The van der Waals surface area contributed by atoms with Crippen molar-refractivity contribution in [3.8, 4) is 5.75 Å². The summed E-state index contributed by atoms with van der Waals surface area (Å²) < 4.78 is 19.0. The van der Waals surface area contributed by atoms with E-state index in [1.54, 1.807) is 19.2 Å². The average Bonchev–Trinajstić information content (AvgIpc) is 2.41. The molecule has 0 saturated carbocycles. The van der Waals surface area contributed by atoms with Gasteiger partial charge in [0.2, 0.25) is 0 Å². The Kier molecular flexibility index (Phi) is 4.40. The fraction of sp³-hybridized carbons (Fsp3) is 0.200. The van der Waals surface area contributed by atoms with E-state index in [1.165, 1.54) is 6.07 Å². The second-order valence-electron chi connectivity index (χ2n) is 4.29. The molecule has 2 nitrogen and oxygen atoms in total. The Labute approximate surface area is 117 Å². The molecule has 100 valence electrons. The molecule has 0 saturated heterocycles. The van der Waals surface area contributed by atoms with Crippen LogP contribution < -0.4 is 10.5 Å². The minimum Gasteiger partial charge on any atom is -0.496 e. The third-order valence-electron chi connectivity index (χ3n) is 2.99. The lowest BCUT2D eigenvalue weighted by Gasteiger charge is -2.16. The van der Waals surface area contributed by atoms with Crippen LogP contribution in [-0.4, -0.2) is 7.11 Å². The zero-order valence-corrected chi connectivity index (χ0v) is 11.3. The van der Waals surface area contributed by atoms with Gasteiger partial charge in [0.15, 0.2) is 0 Å². The maximum atomic E-state index is 13.7. The number of methoxy groups -OCH3 is 1. The molecule has 4 heteroatoms. The topological polar surface area (TPSA) is 35.2 Å². The van der Waals surface area contributed by atoms with Gasteiger partial charge in [-0.05, 0) is 30.2 Å². The van der Waals surface area contributed by atoms with Gasteiger partial charge in [0, 0.05) is 16.6 Å². The molecular weight excluding hydrogens is 265 g/mol. The lowest BCUT2D eigenvalue weighted by Crippen LogP contribution is -2.15. The highest BCUT2D eigenvalue weighted by molar-refractivity contribution is 6.30. The number of nitrogens with two attached hydrogens (primary N) is 1. The first kappa shape index (κ1) is 13.8. The van der Waals surface area contributed by atoms with Crippen LogP contribution in [0.2, 0.25) is 5.02 Å². The van der Waals surface area contributed by atoms with Crippen LogP contribution in [-0.2, 0) is 6.42 Å². The summed E-state index contributed by atoms with van der Waals surface area (Å²) in [6, 6.07) is 11.8. The van der Waals surface area contributed by atoms with Crippen molar-refractivity contribution in [3.63, 3.8) is 0 Å². The summed E-state index contributed by atoms with van der Waals surface area (Å²) in [7, 11) is 1.59. The number of halogens is 2. The Morgan fingerprint density at radius 2 is 2.00 bits per heavy atom. The molecule has 0 bridgehead atoms. The highest BCUT2D eigenvalue weighted by atomic mass is 35.5. The summed E-state index contributed by atoms with van der Waals surface area (Å²) in [4.78, 5) is 0. The number of hydrogen-bond acceptors (Lipinski definition) is 2. The number of para-hydroxylation sites is 1. The standard InChI is InChI=1S/C15H15ClFNO/c1-19-15-5-3-2-4-12(15)14(18)8-10-6-7-11(16)9-13(10)17/h2-7,9,14H,8,18H2,1H3. The van der Waals surface area contributed by atoms with Crippen LogP contribution >= 0.6 is 11.6 Å². The van der Waals surface area contributed by atoms with E-state index in [0.29, 0.717) is 22.8 Å². The molecule has 0 aliphatic carbocycles. The van der Waals surface area contributed by atoms with E-state index in [2.05, 4.69) is 0 Å². The van der Waals surface area contributed by atoms with Gasteiger partial charge in [0.25, 0.3) is 0 Å². The molecule has 0 spiro atoms. The zero-order valence-electron chi connectivity index (χ0n) is 10.6. The summed E-state index contributed by atoms with van der Waals surface area (Å²) in [5, 5.41) is 0.382. The molecule has 2 aromatic rings. The van der Waals surface area contributed by atoms with E-state index in [9.17, 15) is 4.39 Å². The summed E-state index contributed by atoms with van der Waals surface area (Å²) in [5.74, 6) is 0.377. The van der Waals surface area contributed by atoms with Crippen molar-refractivity contribution in [3.05, 3.63) is 64.4 Å². The maximum absolute atomic E-state index is 13.7. The van der Waals surface area contributed by atoms with Gasteiger partial charge in [-0.25, -0.2) is 4.39 Å². The third kappa shape index (κ3) is 3.25. The minimum atomic E-state index is -0.335. The van der Waals surface area contributed by atoms with Crippen LogP contribution in [0.3, 0.4) is 0 Å². The smallest absolute Gasteiger partial charge is 0.127 e. The Bertz CT molecular complexity index is 574. The van der Waals surface area contributed by atoms with Crippen LogP contribution in [0.4, 0.5) is 4.39 Å². The Hall–Kier alpha value is -1.58. The molecule has 2 N–H and O–H groups in total. The Balaban J connectivity index is 2.23. The van der Waals surface area contributed by atoms with E-state index in [0.717, 1.165) is 5.56 Å². The SMILES string of the molecule is COc1ccccc1C(N)Cc1ccc(Cl)cc1F. The number of rotatable bonds is 4. The molecule has 0 amide bonds. The predicted octanol–water partition coefficient (Wildman–Crippen LogP) is 3.73. The summed E-state index contributed by atoms with van der Waals surface area (Å²) in [5.41, 5.74) is 7.54. The summed E-state index contributed by atoms with van der Waals surface area (Å²) >= 11 is 5.73. The van der Waals surface area contributed by atoms with E-state index < -0.39 is 0 Å². The highest BCUT2D eigenvalue weighted by Gasteiger charge is 2.14. The first-order chi connectivity index (χ1) is 9.11. The molecule has 19 heavy (non-hydrogen) atoms. The van der Waals surface area contributed by atoms with Gasteiger partial charge >= 0.3 is 0 Å². The summed E-state index contributed by atoms with van der Waals surface area (Å²) in [6.45, 7) is 0. The number of ether oxygens (including phenoxy) is 1. The predicted molar refractivity (Wildman–Crippen MR) is 75.0 cm³/mol. The first-order valence-electron chi connectivity index (χ1n) is 5.94. The van der Waals surface area contributed by atoms with Crippen molar-refractivity contribution < 1.29 is 9.13 Å². The fourth-order valence-electron chi connectivity index (χ4n) is 2.01. The Morgan fingerprint density at radius 1 is 1.26 bits per heavy atom. The van der Waals surface area contributed by atoms with Crippen molar-refractivity contribution in [2.45, 2.75) is 12.5 Å². The molecule has 2 rings (SSSR count). The molecule has 0 fully saturated rings. The molecule has 0 aliphatic rings. The van der Waals surface area contributed by atoms with Crippen LogP contribution in [0.25, 0.3) is 0 Å². The lowest BCUT2D eigenvalue weighted by molar-refractivity contribution is 0.405. The molecule has 1 unspecified atom stereocenters. The van der Waals surface area contributed by atoms with Gasteiger partial charge in [0.05, 0.1) is 7.11 Å². The quantitative estimate of drug-likeness (QED) is 0.925. The minimum absolute atomic E-state index is 0.327. The zero-order chi connectivity index (χ0) is 13.8. The largest absolute Gasteiger partial charge is 0.496 e. The highest BCUT2D eigenvalue weighted by Crippen LogP contribution is 2.27. The van der Waals surface area contributed by atoms with E-state index in [1.807, 2.05) is 24.3 Å². The lowest BCUT2D eigenvalue weighted by atomic mass is 9.98. The number of benzene rings is 2. The Morgan fingerprint density at radius 3 is 2.68 bits per heavy atom. The van der Waals surface area contributed by atoms with Gasteiger partial charge in [-0.15, -0.1) is 0 Å². The van der Waals surface area contributed by atoms with Crippen LogP contribution in [0, 0.1) is 5.82 Å². The monoisotopic (exact) mass is 279 g/mol. The van der Waals surface area contributed by atoms with E-state index in [4.69, 9.17) is 22.1 Å². The molecule has 0 heterocycles. The molecular formula is C15H15ClFNO. The number of hydrogen-bond donors (Lipinski definition) is 1. The average molecular weight is 280 g/mol. The van der Waals surface area contributed by atoms with Gasteiger partial charge in [-0.2, -0.15) is 0 Å². The molecule has 0 aliphatic heterocycles. The van der Waals surface area contributed by atoms with Gasteiger partial charge in [-0.3, -0.25) is 0 Å². The second kappa shape index (κ2) is 6.04. The van der Waals surface area contributed by atoms with Crippen LogP contribution in [0.5, 0.6) is 5.75 Å². The summed E-state index contributed by atoms with van der Waals surface area (Å²) in [6.07, 6.45) is 0.392. The first-order valence-corrected chi connectivity index (χ1v) is 6.32. The van der Waals surface area contributed by atoms with Gasteiger partial charge in [-0.1, -0.05) is 35.9 Å². The van der Waals surface area contributed by atoms with Crippen molar-refractivity contribution in [2.75, 3.05) is 7.11 Å². The van der Waals surface area contributed by atoms with E-state index >= 15 is 0 Å². The van der Waals surface area contributed by atoms with Crippen molar-refractivity contribution in [1.29, 1.82) is 0 Å². The molecule has 0 radical (unpaired) electrons. The van der Waals surface area contributed by atoms with Gasteiger partial charge < -0.3 is 10.5 Å². The third-order valence-corrected chi connectivity index (χ3v) is 3.23.